The molecule has 17 N–H and O–H groups in total. The van der Waals surface area contributed by atoms with E-state index in [0.717, 1.165) is 28.5 Å². The molecule has 0 saturated carbocycles. The van der Waals surface area contributed by atoms with Gasteiger partial charge in [0.1, 0.15) is 48.0 Å². The summed E-state index contributed by atoms with van der Waals surface area (Å²) >= 11 is 0. The number of likely N-dealkylation sites (tertiary alicyclic amines) is 1. The van der Waals surface area contributed by atoms with Gasteiger partial charge in [-0.2, -0.15) is 0 Å². The molecular weight excluding hydrogens is 997 g/mol. The normalized spacial score (nSPS) is 23.3. The Morgan fingerprint density at radius 1 is 0.781 bits per heavy atom. The van der Waals surface area contributed by atoms with E-state index >= 15 is 0 Å². The van der Waals surface area contributed by atoms with E-state index in [9.17, 15) is 57.8 Å². The quantitative estimate of drug-likeness (QED) is 0.0673. The summed E-state index contributed by atoms with van der Waals surface area (Å²) in [4.78, 5) is 157. The lowest BCUT2D eigenvalue weighted by Gasteiger charge is -2.31. The number of benzene rings is 1. The van der Waals surface area contributed by atoms with Crippen LogP contribution in [0, 0.1) is 11.8 Å². The third-order valence-electron chi connectivity index (χ3n) is 11.3. The van der Waals surface area contributed by atoms with E-state index in [2.05, 4.69) is 37.2 Å². The number of carboxylic acid groups (broad SMARTS) is 1. The van der Waals surface area contributed by atoms with Gasteiger partial charge in [-0.15, -0.1) is 0 Å². The highest BCUT2D eigenvalue weighted by Crippen LogP contribution is 2.26. The highest BCUT2D eigenvalue weighted by molar-refractivity contribution is 8.76. The first-order valence-electron chi connectivity index (χ1n) is 23.5. The summed E-state index contributed by atoms with van der Waals surface area (Å²) in [5, 5.41) is 35.1. The topological polar surface area (TPSA) is 437 Å². The number of phenols is 1. The third-order valence-corrected chi connectivity index (χ3v) is 13.7. The van der Waals surface area contributed by atoms with E-state index in [1.807, 2.05) is 13.8 Å². The lowest BCUT2D eigenvalue weighted by Crippen LogP contribution is -2.61. The molecular formula is C45H70N12O14S2. The zero-order valence-electron chi connectivity index (χ0n) is 41.4. The Labute approximate surface area is 430 Å². The van der Waals surface area contributed by atoms with Crippen LogP contribution in [0.1, 0.15) is 85.1 Å². The van der Waals surface area contributed by atoms with Crippen LogP contribution in [0.25, 0.3) is 0 Å². The largest absolute Gasteiger partial charge is 0.508 e. The molecule has 0 spiro atoms. The SMILES string of the molecule is CC(=O)O.CC[C@H](C)[C@@H]1NC(=O)C(Cc2ccc(O)cc2)NC(=O)[C@@H](N)CSSCC(C(=O)N2CCC[C@H]2C(=O)N[C@@H](CC(C)C)C(=O)NCC(N)=O)NC(=O)[C@H](CC(N)=O)NC(=O)C(CCC(N)=O)NC1=O. The minimum absolute atomic E-state index is 0.0468. The molecule has 3 rings (SSSR count). The summed E-state index contributed by atoms with van der Waals surface area (Å²) in [7, 11) is 2.05. The summed E-state index contributed by atoms with van der Waals surface area (Å²) in [6.07, 6.45) is -0.694. The lowest BCUT2D eigenvalue weighted by molar-refractivity contribution is -0.142. The fourth-order valence-electron chi connectivity index (χ4n) is 7.34. The van der Waals surface area contributed by atoms with Gasteiger partial charge in [0.05, 0.1) is 19.0 Å². The van der Waals surface area contributed by atoms with Crippen molar-refractivity contribution in [1.29, 1.82) is 0 Å². The maximum absolute atomic E-state index is 14.5. The molecule has 1 aromatic carbocycles. The van der Waals surface area contributed by atoms with Gasteiger partial charge in [-0.25, -0.2) is 0 Å². The molecule has 406 valence electrons. The second-order valence-corrected chi connectivity index (χ2v) is 20.5. The second kappa shape index (κ2) is 31.0. The number of primary amides is 3. The molecule has 0 bridgehead atoms. The van der Waals surface area contributed by atoms with Crippen molar-refractivity contribution in [3.05, 3.63) is 29.8 Å². The molecule has 2 heterocycles. The molecule has 28 heteroatoms. The molecule has 9 atom stereocenters. The van der Waals surface area contributed by atoms with Crippen LogP contribution in [-0.2, 0) is 64.0 Å². The lowest BCUT2D eigenvalue weighted by atomic mass is 9.96. The smallest absolute Gasteiger partial charge is 0.300 e. The highest BCUT2D eigenvalue weighted by Gasteiger charge is 2.41. The van der Waals surface area contributed by atoms with E-state index < -0.39 is 151 Å². The van der Waals surface area contributed by atoms with Crippen LogP contribution in [0.15, 0.2) is 24.3 Å². The zero-order chi connectivity index (χ0) is 55.1. The molecule has 0 radical (unpaired) electrons. The number of aromatic hydroxyl groups is 1. The van der Waals surface area contributed by atoms with Crippen LogP contribution in [0.2, 0.25) is 0 Å². The van der Waals surface area contributed by atoms with E-state index in [0.29, 0.717) is 18.4 Å². The molecule has 2 saturated heterocycles. The predicted octanol–water partition coefficient (Wildman–Crippen LogP) is -3.52. The van der Waals surface area contributed by atoms with Gasteiger partial charge in [0.25, 0.3) is 5.97 Å². The van der Waals surface area contributed by atoms with Gasteiger partial charge in [0.2, 0.25) is 65.0 Å². The number of rotatable bonds is 17. The summed E-state index contributed by atoms with van der Waals surface area (Å²) in [6.45, 7) is 7.69. The molecule has 0 aromatic heterocycles. The number of phenolic OH excluding ortho intramolecular Hbond substituents is 1. The first-order chi connectivity index (χ1) is 34.2. The van der Waals surface area contributed by atoms with Gasteiger partial charge >= 0.3 is 0 Å². The third kappa shape index (κ3) is 22.3. The fraction of sp³-hybridized carbons (Fsp3) is 0.600. The number of nitrogens with zero attached hydrogens (tertiary/aromatic N) is 1. The van der Waals surface area contributed by atoms with E-state index in [-0.39, 0.29) is 49.0 Å². The van der Waals surface area contributed by atoms with E-state index in [1.54, 1.807) is 13.8 Å². The van der Waals surface area contributed by atoms with Gasteiger partial charge in [-0.3, -0.25) is 57.5 Å². The summed E-state index contributed by atoms with van der Waals surface area (Å²) in [5.74, 6) is -11.2. The number of nitrogens with two attached hydrogens (primary N) is 4. The number of hydrogen-bond donors (Lipinski definition) is 13. The number of nitrogens with one attached hydrogen (secondary N) is 7. The first kappa shape index (κ1) is 62.4. The van der Waals surface area contributed by atoms with Gasteiger partial charge in [-0.05, 0) is 55.2 Å². The summed E-state index contributed by atoms with van der Waals surface area (Å²) in [6, 6.07) is -5.05. The highest BCUT2D eigenvalue weighted by atomic mass is 33.1. The molecule has 1 aromatic rings. The average molecular weight is 1070 g/mol. The molecule has 2 aliphatic rings. The van der Waals surface area contributed by atoms with Crippen LogP contribution in [-0.4, -0.2) is 159 Å². The van der Waals surface area contributed by atoms with Crippen molar-refractivity contribution < 1.29 is 67.7 Å². The first-order valence-corrected chi connectivity index (χ1v) is 26.0. The van der Waals surface area contributed by atoms with Crippen molar-refractivity contribution in [3.8, 4) is 5.75 Å². The maximum atomic E-state index is 14.5. The number of carbonyl (C=O) groups excluding carboxylic acids is 11. The minimum atomic E-state index is -1.75. The minimum Gasteiger partial charge on any atom is -0.508 e. The van der Waals surface area contributed by atoms with Gasteiger partial charge in [0, 0.05) is 37.8 Å². The van der Waals surface area contributed by atoms with Crippen molar-refractivity contribution in [2.24, 2.45) is 34.8 Å². The van der Waals surface area contributed by atoms with Crippen molar-refractivity contribution in [1.82, 2.24) is 42.1 Å². The van der Waals surface area contributed by atoms with E-state index in [4.69, 9.17) is 32.8 Å². The number of hydrogen-bond acceptors (Lipinski definition) is 16. The Morgan fingerprint density at radius 3 is 1.93 bits per heavy atom. The molecule has 0 aliphatic carbocycles. The Balaban J connectivity index is 0.00000439. The second-order valence-electron chi connectivity index (χ2n) is 17.9. The van der Waals surface area contributed by atoms with E-state index in [1.165, 1.54) is 29.2 Å². The van der Waals surface area contributed by atoms with Crippen molar-refractivity contribution >= 4 is 92.5 Å². The van der Waals surface area contributed by atoms with Crippen LogP contribution >= 0.6 is 21.6 Å². The van der Waals surface area contributed by atoms with Gasteiger partial charge in [-0.1, -0.05) is 67.8 Å². The number of carboxylic acids is 1. The van der Waals surface area contributed by atoms with Crippen LogP contribution < -0.4 is 60.2 Å². The Hall–Kier alpha value is -6.68. The van der Waals surface area contributed by atoms with Gasteiger partial charge in [0.15, 0.2) is 0 Å². The predicted molar refractivity (Wildman–Crippen MR) is 268 cm³/mol. The van der Waals surface area contributed by atoms with Gasteiger partial charge < -0.3 is 75.3 Å². The molecule has 26 nitrogen and oxygen atoms in total. The summed E-state index contributed by atoms with van der Waals surface area (Å²) in [5.41, 5.74) is 22.9. The summed E-state index contributed by atoms with van der Waals surface area (Å²) < 4.78 is 0. The Morgan fingerprint density at radius 2 is 1.36 bits per heavy atom. The molecule has 2 aliphatic heterocycles. The monoisotopic (exact) mass is 1070 g/mol. The molecule has 3 unspecified atom stereocenters. The molecule has 73 heavy (non-hydrogen) atoms. The fourth-order valence-corrected chi connectivity index (χ4v) is 9.62. The van der Waals surface area contributed by atoms with Crippen molar-refractivity contribution in [2.75, 3.05) is 24.6 Å². The molecule has 11 amide bonds. The Bertz CT molecular complexity index is 2150. The zero-order valence-corrected chi connectivity index (χ0v) is 43.1. The maximum Gasteiger partial charge on any atom is 0.300 e. The van der Waals surface area contributed by atoms with Crippen molar-refractivity contribution in [3.63, 3.8) is 0 Å². The Kier molecular flexibility index (Phi) is 26.5. The van der Waals surface area contributed by atoms with Crippen LogP contribution in [0.4, 0.5) is 0 Å². The number of carbonyl (C=O) groups is 12. The number of amides is 11. The standard InChI is InChI=1S/C43H66N12O12S2.C2H4O2/c1-5-22(4)35-42(66)49-26(12-13-32(45)57)38(62)51-29(17-33(46)58)39(63)53-30(20-69-68-19-25(44)36(60)50-28(40(64)54-35)16-23-8-10-24(56)11-9-23)43(67)55-14-6-7-31(55)41(65)52-27(15-21(2)3)37(61)48-18-34(47)59;1-2(3)4/h8-11,21-22,25-31,35,56H,5-7,12-20,44H2,1-4H3,(H2,45,57)(H2,46,58)(H2,47,59)(H,48,61)(H,49,66)(H,50,60)(H,51,62)(H,52,65)(H,53,63)(H,54,64);1H3,(H,3,4)/t22-,25-,26?,27-,28?,29-,30?,31-,35-;/m0./s1. The average Bonchev–Trinajstić information content (AvgIpc) is 3.81. The number of aliphatic carboxylic acids is 1. The van der Waals surface area contributed by atoms with Crippen LogP contribution in [0.3, 0.4) is 0 Å². The van der Waals surface area contributed by atoms with Crippen LogP contribution in [0.5, 0.6) is 5.75 Å². The molecule has 2 fully saturated rings. The van der Waals surface area contributed by atoms with Crippen molar-refractivity contribution in [2.45, 2.75) is 134 Å².